The van der Waals surface area contributed by atoms with Crippen LogP contribution in [0.4, 0.5) is 5.69 Å². The van der Waals surface area contributed by atoms with Crippen LogP contribution in [-0.2, 0) is 4.79 Å². The molecule has 0 aromatic carbocycles. The van der Waals surface area contributed by atoms with Crippen LogP contribution in [0.25, 0.3) is 0 Å². The molecule has 0 radical (unpaired) electrons. The van der Waals surface area contributed by atoms with E-state index in [1.54, 1.807) is 0 Å². The molecule has 1 amide bonds. The number of aromatic carboxylic acids is 1. The van der Waals surface area contributed by atoms with Crippen molar-refractivity contribution in [2.75, 3.05) is 4.90 Å². The Morgan fingerprint density at radius 3 is 2.32 bits per heavy atom. The molecular weight excluding hydrogens is 410 g/mol. The Hall–Kier alpha value is -1.66. The number of carboxylic acids is 1. The number of hydrogen-bond acceptors (Lipinski definition) is 4. The van der Waals surface area contributed by atoms with E-state index in [0.29, 0.717) is 35.2 Å². The lowest BCUT2D eigenvalue weighted by Crippen LogP contribution is -2.47. The van der Waals surface area contributed by atoms with E-state index in [9.17, 15) is 19.8 Å². The first-order valence-corrected chi connectivity index (χ1v) is 12.8. The first-order chi connectivity index (χ1) is 14.9. The number of amides is 1. The fourth-order valence-corrected chi connectivity index (χ4v) is 6.64. The molecule has 31 heavy (non-hydrogen) atoms. The second kappa shape index (κ2) is 9.86. The van der Waals surface area contributed by atoms with Crippen molar-refractivity contribution in [1.29, 1.82) is 0 Å². The highest BCUT2D eigenvalue weighted by atomic mass is 32.1. The molecule has 1 aromatic heterocycles. The van der Waals surface area contributed by atoms with E-state index in [4.69, 9.17) is 0 Å². The molecule has 0 bridgehead atoms. The second-order valence-corrected chi connectivity index (χ2v) is 10.9. The third-order valence-electron chi connectivity index (χ3n) is 7.49. The summed E-state index contributed by atoms with van der Waals surface area (Å²) in [5, 5.41) is 20.0. The highest BCUT2D eigenvalue weighted by molar-refractivity contribution is 7.14. The summed E-state index contributed by atoms with van der Waals surface area (Å²) in [4.78, 5) is 29.3. The lowest BCUT2D eigenvalue weighted by molar-refractivity contribution is -0.124. The van der Waals surface area contributed by atoms with Gasteiger partial charge in [-0.1, -0.05) is 19.1 Å². The molecule has 6 heteroatoms. The molecule has 170 valence electrons. The molecule has 0 saturated heterocycles. The zero-order valence-corrected chi connectivity index (χ0v) is 19.3. The number of carbonyl (C=O) groups is 2. The van der Waals surface area contributed by atoms with Gasteiger partial charge in [-0.25, -0.2) is 4.79 Å². The Labute approximate surface area is 189 Å². The van der Waals surface area contributed by atoms with Gasteiger partial charge in [0.1, 0.15) is 4.88 Å². The number of rotatable bonds is 5. The van der Waals surface area contributed by atoms with Gasteiger partial charge in [-0.05, 0) is 88.5 Å². The monoisotopic (exact) mass is 445 g/mol. The SMILES string of the molecule is C[C@H]1CC[C@H](C(=O)N(c2cc(C3CC=CCC3)sc2C(=O)O)[C@H]2CC[C@H](O)CC2)CC1. The van der Waals surface area contributed by atoms with Gasteiger partial charge in [0.25, 0.3) is 0 Å². The predicted octanol–water partition coefficient (Wildman–Crippen LogP) is 5.73. The number of aliphatic hydroxyl groups excluding tert-OH is 1. The Balaban J connectivity index is 1.68. The van der Waals surface area contributed by atoms with Crippen molar-refractivity contribution in [2.24, 2.45) is 11.8 Å². The smallest absolute Gasteiger partial charge is 0.348 e. The number of allylic oxidation sites excluding steroid dienone is 2. The highest BCUT2D eigenvalue weighted by Gasteiger charge is 2.37. The van der Waals surface area contributed by atoms with Crippen molar-refractivity contribution in [2.45, 2.75) is 95.6 Å². The van der Waals surface area contributed by atoms with Crippen LogP contribution in [0.2, 0.25) is 0 Å². The van der Waals surface area contributed by atoms with Gasteiger partial charge in [0.15, 0.2) is 0 Å². The molecule has 1 heterocycles. The number of carboxylic acid groups (broad SMARTS) is 1. The first-order valence-electron chi connectivity index (χ1n) is 12.0. The van der Waals surface area contributed by atoms with Crippen LogP contribution in [0.15, 0.2) is 18.2 Å². The fraction of sp³-hybridized carbons (Fsp3) is 0.680. The van der Waals surface area contributed by atoms with Crippen LogP contribution in [0.1, 0.15) is 98.0 Å². The third kappa shape index (κ3) is 5.06. The maximum absolute atomic E-state index is 13.8. The van der Waals surface area contributed by atoms with Gasteiger partial charge in [-0.15, -0.1) is 11.3 Å². The minimum Gasteiger partial charge on any atom is -0.477 e. The molecule has 3 aliphatic rings. The molecule has 2 fully saturated rings. The molecule has 0 spiro atoms. The van der Waals surface area contributed by atoms with Crippen LogP contribution < -0.4 is 4.90 Å². The highest BCUT2D eigenvalue weighted by Crippen LogP contribution is 2.42. The molecule has 1 aromatic rings. The van der Waals surface area contributed by atoms with Crippen LogP contribution in [-0.4, -0.2) is 34.2 Å². The van der Waals surface area contributed by atoms with Gasteiger partial charge >= 0.3 is 5.97 Å². The summed E-state index contributed by atoms with van der Waals surface area (Å²) >= 11 is 1.35. The van der Waals surface area contributed by atoms with Gasteiger partial charge in [0.05, 0.1) is 11.8 Å². The van der Waals surface area contributed by atoms with Crippen LogP contribution in [0, 0.1) is 11.8 Å². The zero-order chi connectivity index (χ0) is 22.0. The van der Waals surface area contributed by atoms with E-state index in [2.05, 4.69) is 19.1 Å². The van der Waals surface area contributed by atoms with E-state index >= 15 is 0 Å². The van der Waals surface area contributed by atoms with E-state index < -0.39 is 5.97 Å². The molecule has 1 unspecified atom stereocenters. The van der Waals surface area contributed by atoms with Crippen molar-refractivity contribution in [1.82, 2.24) is 0 Å². The summed E-state index contributed by atoms with van der Waals surface area (Å²) < 4.78 is 0. The minimum atomic E-state index is -0.941. The summed E-state index contributed by atoms with van der Waals surface area (Å²) in [7, 11) is 0. The standard InChI is InChI=1S/C25H35NO4S/c1-16-7-9-18(10-8-16)24(28)26(19-11-13-20(27)14-12-19)21-15-22(31-23(21)25(29)30)17-5-3-2-4-6-17/h2-3,15-20,27H,4-14H2,1H3,(H,29,30)/t16-,17?,18-,19-,20-. The summed E-state index contributed by atoms with van der Waals surface area (Å²) in [5.41, 5.74) is 0.604. The molecule has 4 rings (SSSR count). The van der Waals surface area contributed by atoms with Crippen molar-refractivity contribution in [3.05, 3.63) is 28.0 Å². The summed E-state index contributed by atoms with van der Waals surface area (Å²) in [6.45, 7) is 2.24. The van der Waals surface area contributed by atoms with Gasteiger partial charge in [-0.3, -0.25) is 4.79 Å². The molecular formula is C25H35NO4S. The molecule has 0 aliphatic heterocycles. The van der Waals surface area contributed by atoms with E-state index in [1.165, 1.54) is 11.3 Å². The van der Waals surface area contributed by atoms with Crippen molar-refractivity contribution < 1.29 is 19.8 Å². The van der Waals surface area contributed by atoms with E-state index in [0.717, 1.165) is 62.7 Å². The summed E-state index contributed by atoms with van der Waals surface area (Å²) in [6.07, 6.45) is 13.7. The van der Waals surface area contributed by atoms with Gasteiger partial charge in [0, 0.05) is 16.8 Å². The maximum atomic E-state index is 13.8. The van der Waals surface area contributed by atoms with Gasteiger partial charge < -0.3 is 15.1 Å². The Morgan fingerprint density at radius 1 is 1.00 bits per heavy atom. The van der Waals surface area contributed by atoms with E-state index in [-0.39, 0.29) is 24.0 Å². The van der Waals surface area contributed by atoms with Crippen molar-refractivity contribution >= 4 is 28.9 Å². The first kappa shape index (κ1) is 22.5. The zero-order valence-electron chi connectivity index (χ0n) is 18.5. The molecule has 2 N–H and O–H groups in total. The minimum absolute atomic E-state index is 0.0225. The lowest BCUT2D eigenvalue weighted by Gasteiger charge is -2.38. The quantitative estimate of drug-likeness (QED) is 0.567. The number of carbonyl (C=O) groups excluding carboxylic acids is 1. The Kier molecular flexibility index (Phi) is 7.17. The van der Waals surface area contributed by atoms with Crippen molar-refractivity contribution in [3.8, 4) is 0 Å². The van der Waals surface area contributed by atoms with Crippen molar-refractivity contribution in [3.63, 3.8) is 0 Å². The van der Waals surface area contributed by atoms with E-state index in [1.807, 2.05) is 11.0 Å². The van der Waals surface area contributed by atoms with Crippen LogP contribution >= 0.6 is 11.3 Å². The number of hydrogen-bond donors (Lipinski definition) is 2. The number of nitrogens with zero attached hydrogens (tertiary/aromatic N) is 1. The average Bonchev–Trinajstić information content (AvgIpc) is 3.22. The van der Waals surface area contributed by atoms with Crippen LogP contribution in [0.5, 0.6) is 0 Å². The Bertz CT molecular complexity index is 815. The number of thiophene rings is 1. The maximum Gasteiger partial charge on any atom is 0.348 e. The Morgan fingerprint density at radius 2 is 1.71 bits per heavy atom. The normalized spacial score (nSPS) is 31.4. The largest absolute Gasteiger partial charge is 0.477 e. The topological polar surface area (TPSA) is 77.8 Å². The van der Waals surface area contributed by atoms with Gasteiger partial charge in [-0.2, -0.15) is 0 Å². The third-order valence-corrected chi connectivity index (χ3v) is 8.77. The summed E-state index contributed by atoms with van der Waals surface area (Å²) in [5.74, 6) is 0.129. The molecule has 5 nitrogen and oxygen atoms in total. The average molecular weight is 446 g/mol. The summed E-state index contributed by atoms with van der Waals surface area (Å²) in [6, 6.07) is 1.98. The number of anilines is 1. The number of aliphatic hydroxyl groups is 1. The fourth-order valence-electron chi connectivity index (χ4n) is 5.50. The lowest BCUT2D eigenvalue weighted by atomic mass is 9.81. The molecule has 1 atom stereocenters. The predicted molar refractivity (Wildman–Crippen MR) is 124 cm³/mol. The molecule has 3 aliphatic carbocycles. The molecule has 2 saturated carbocycles. The second-order valence-electron chi connectivity index (χ2n) is 9.78. The van der Waals surface area contributed by atoms with Crippen LogP contribution in [0.3, 0.4) is 0 Å². The van der Waals surface area contributed by atoms with Gasteiger partial charge in [0.2, 0.25) is 5.91 Å².